The van der Waals surface area contributed by atoms with E-state index in [1.54, 1.807) is 34.8 Å². The van der Waals surface area contributed by atoms with E-state index >= 15 is 0 Å². The molecule has 3 saturated heterocycles. The molecule has 3 fully saturated rings. The zero-order valence-electron chi connectivity index (χ0n) is 32.9. The quantitative estimate of drug-likeness (QED) is 0.268. The second-order valence-corrected chi connectivity index (χ2v) is 16.0. The van der Waals surface area contributed by atoms with Gasteiger partial charge in [0.25, 0.3) is 6.47 Å². The predicted octanol–water partition coefficient (Wildman–Crippen LogP) is 4.17. The van der Waals surface area contributed by atoms with Gasteiger partial charge in [-0.2, -0.15) is 0 Å². The normalized spacial score (nSPS) is 45.7. The van der Waals surface area contributed by atoms with Crippen molar-refractivity contribution in [2.24, 2.45) is 23.7 Å². The van der Waals surface area contributed by atoms with Crippen LogP contribution in [-0.4, -0.2) is 122 Å². The molecule has 4 aliphatic rings. The van der Waals surface area contributed by atoms with Crippen molar-refractivity contribution in [2.45, 2.75) is 167 Å². The van der Waals surface area contributed by atoms with Crippen LogP contribution in [0.25, 0.3) is 0 Å². The smallest absolute Gasteiger partial charge is 0.311 e. The molecule has 1 N–H and O–H groups in total. The summed E-state index contributed by atoms with van der Waals surface area (Å²) in [6.07, 6.45) is -4.35. The van der Waals surface area contributed by atoms with Crippen LogP contribution in [0.15, 0.2) is 11.3 Å². The minimum atomic E-state index is -1.98. The summed E-state index contributed by atoms with van der Waals surface area (Å²) in [5, 5.41) is 11.6. The van der Waals surface area contributed by atoms with Crippen LogP contribution in [0.5, 0.6) is 0 Å². The van der Waals surface area contributed by atoms with Gasteiger partial charge in [0.1, 0.15) is 29.7 Å². The summed E-state index contributed by atoms with van der Waals surface area (Å²) in [4.78, 5) is 41.6. The molecule has 4 rings (SSSR count). The van der Waals surface area contributed by atoms with E-state index in [2.05, 4.69) is 25.9 Å². The Morgan fingerprint density at radius 2 is 1.65 bits per heavy atom. The lowest BCUT2D eigenvalue weighted by atomic mass is 9.82. The molecule has 0 saturated carbocycles. The maximum absolute atomic E-state index is 14.1. The van der Waals surface area contributed by atoms with Crippen LogP contribution in [0.1, 0.15) is 94.9 Å². The van der Waals surface area contributed by atoms with Gasteiger partial charge in [-0.05, 0) is 81.0 Å². The molecular weight excluding hydrogens is 662 g/mol. The zero-order chi connectivity index (χ0) is 38.2. The first-order valence-electron chi connectivity index (χ1n) is 18.6. The van der Waals surface area contributed by atoms with E-state index in [-0.39, 0.29) is 30.9 Å². The summed E-state index contributed by atoms with van der Waals surface area (Å²) in [6, 6.07) is 0.195. The van der Waals surface area contributed by atoms with E-state index in [4.69, 9.17) is 37.9 Å². The number of aliphatic hydroxyl groups is 1. The average Bonchev–Trinajstić information content (AvgIpc) is 3.46. The molecule has 16 atom stereocenters. The summed E-state index contributed by atoms with van der Waals surface area (Å²) in [6.45, 7) is 18.6. The molecule has 292 valence electrons. The highest BCUT2D eigenvalue weighted by atomic mass is 16.7. The number of rotatable bonds is 9. The Balaban J connectivity index is 1.80. The Morgan fingerprint density at radius 1 is 0.980 bits per heavy atom. The van der Waals surface area contributed by atoms with Gasteiger partial charge < -0.3 is 47.9 Å². The molecular formula is C38H63NO12. The number of esters is 1. The fraction of sp³-hybridized carbons (Fsp3) is 0.868. The van der Waals surface area contributed by atoms with E-state index in [0.717, 1.165) is 12.0 Å². The summed E-state index contributed by atoms with van der Waals surface area (Å²) < 4.78 is 50.5. The van der Waals surface area contributed by atoms with E-state index < -0.39 is 89.9 Å². The largest absolute Gasteiger partial charge is 0.491 e. The SMILES string of the molecule is CC[C@H]1OC(=O)[C@H](C)[C@@H](O[C@H]2C[C@@](C)(OC)[C@@H](OC=O)C(C)O2)[C@H](C)[C@@H](OC2O[C@H](C)C[C@H](N(C)C)[C@H]2C)[C@H]2CC(C)=C(O2)[C@H](C)C(=O)[C@]1(C)O. The lowest BCUT2D eigenvalue weighted by Crippen LogP contribution is -2.59. The number of carbonyl (C=O) groups excluding carboxylic acids is 3. The van der Waals surface area contributed by atoms with Gasteiger partial charge >= 0.3 is 5.97 Å². The molecule has 4 heterocycles. The Labute approximate surface area is 303 Å². The molecule has 0 aromatic carbocycles. The van der Waals surface area contributed by atoms with Crippen molar-refractivity contribution in [1.82, 2.24) is 4.90 Å². The molecule has 0 aromatic rings. The standard InChI is InChI=1S/C38H63NO12/c1-14-28-38(10,43)33(41)23(6)30-19(2)15-27(48-30)32(51-36-21(4)26(39(11)12)16-20(3)46-36)22(5)31(24(7)35(42)49-28)50-29-17-37(9,44-13)34(45-18-40)25(8)47-29/h18,20-29,31-32,34,36,43H,14-17H2,1-13H3/t20-,21-,22+,23+,24-,25?,26+,27-,28-,29+,31+,32-,34+,36?,37-,38-/m1/s1. The Morgan fingerprint density at radius 3 is 2.24 bits per heavy atom. The van der Waals surface area contributed by atoms with Gasteiger partial charge in [0, 0.05) is 37.8 Å². The van der Waals surface area contributed by atoms with Gasteiger partial charge in [-0.15, -0.1) is 0 Å². The minimum absolute atomic E-state index is 0.00901. The minimum Gasteiger partial charge on any atom is -0.491 e. The highest BCUT2D eigenvalue weighted by molar-refractivity contribution is 5.91. The van der Waals surface area contributed by atoms with E-state index in [0.29, 0.717) is 18.7 Å². The summed E-state index contributed by atoms with van der Waals surface area (Å²) in [5.41, 5.74) is -2.06. The molecule has 51 heavy (non-hydrogen) atoms. The molecule has 13 nitrogen and oxygen atoms in total. The Kier molecular flexibility index (Phi) is 13.5. The number of fused-ring (bicyclic) bond motifs is 2. The summed E-state index contributed by atoms with van der Waals surface area (Å²) in [7, 11) is 5.64. The maximum Gasteiger partial charge on any atom is 0.311 e. The third-order valence-corrected chi connectivity index (χ3v) is 11.9. The second kappa shape index (κ2) is 16.5. The highest BCUT2D eigenvalue weighted by Crippen LogP contribution is 2.42. The van der Waals surface area contributed by atoms with Crippen molar-refractivity contribution < 1.29 is 57.4 Å². The third kappa shape index (κ3) is 8.50. The van der Waals surface area contributed by atoms with Gasteiger partial charge in [-0.25, -0.2) is 0 Å². The topological polar surface area (TPSA) is 149 Å². The molecule has 0 spiro atoms. The first-order valence-corrected chi connectivity index (χ1v) is 18.6. The van der Waals surface area contributed by atoms with Crippen molar-refractivity contribution in [2.75, 3.05) is 21.2 Å². The van der Waals surface area contributed by atoms with Gasteiger partial charge in [0.05, 0.1) is 30.1 Å². The van der Waals surface area contributed by atoms with Crippen LogP contribution in [-0.2, 0) is 52.3 Å². The fourth-order valence-corrected chi connectivity index (χ4v) is 8.70. The number of hydrogen-bond acceptors (Lipinski definition) is 13. The number of allylic oxidation sites excluding steroid dienone is 1. The first kappa shape index (κ1) is 41.6. The van der Waals surface area contributed by atoms with E-state index in [1.165, 1.54) is 6.92 Å². The number of nitrogens with zero attached hydrogens (tertiary/aromatic N) is 1. The van der Waals surface area contributed by atoms with Crippen LogP contribution in [0.2, 0.25) is 0 Å². The number of methoxy groups -OCH3 is 1. The van der Waals surface area contributed by atoms with Crippen LogP contribution in [0, 0.1) is 23.7 Å². The average molecular weight is 726 g/mol. The summed E-state index contributed by atoms with van der Waals surface area (Å²) >= 11 is 0. The maximum atomic E-state index is 14.1. The second-order valence-electron chi connectivity index (χ2n) is 16.0. The Bertz CT molecular complexity index is 1270. The van der Waals surface area contributed by atoms with Crippen molar-refractivity contribution in [1.29, 1.82) is 0 Å². The molecule has 2 bridgehead atoms. The number of ether oxygens (including phenoxy) is 8. The fourth-order valence-electron chi connectivity index (χ4n) is 8.70. The monoisotopic (exact) mass is 725 g/mol. The molecule has 0 radical (unpaired) electrons. The number of carbonyl (C=O) groups is 3. The van der Waals surface area contributed by atoms with Crippen LogP contribution in [0.3, 0.4) is 0 Å². The molecule has 2 unspecified atom stereocenters. The van der Waals surface area contributed by atoms with Gasteiger partial charge in [-0.3, -0.25) is 14.4 Å². The van der Waals surface area contributed by atoms with Crippen LogP contribution in [0.4, 0.5) is 0 Å². The van der Waals surface area contributed by atoms with Crippen LogP contribution < -0.4 is 0 Å². The number of Topliss-reactive ketones (excluding diaryl/α,β-unsaturated/α-hetero) is 1. The van der Waals surface area contributed by atoms with Crippen LogP contribution >= 0.6 is 0 Å². The molecule has 13 heteroatoms. The number of hydrogen-bond donors (Lipinski definition) is 1. The van der Waals surface area contributed by atoms with Gasteiger partial charge in [-0.1, -0.05) is 20.8 Å². The number of ketones is 1. The van der Waals surface area contributed by atoms with Crippen molar-refractivity contribution in [3.63, 3.8) is 0 Å². The zero-order valence-corrected chi connectivity index (χ0v) is 32.9. The number of cyclic esters (lactones) is 1. The Hall–Kier alpha value is -2.13. The van der Waals surface area contributed by atoms with Gasteiger partial charge in [0.2, 0.25) is 0 Å². The van der Waals surface area contributed by atoms with Crippen molar-refractivity contribution in [3.8, 4) is 0 Å². The summed E-state index contributed by atoms with van der Waals surface area (Å²) in [5.74, 6) is -2.88. The third-order valence-electron chi connectivity index (χ3n) is 11.9. The molecule has 4 aliphatic heterocycles. The van der Waals surface area contributed by atoms with E-state index in [1.807, 2.05) is 27.7 Å². The predicted molar refractivity (Wildman–Crippen MR) is 186 cm³/mol. The highest BCUT2D eigenvalue weighted by Gasteiger charge is 2.53. The van der Waals surface area contributed by atoms with Crippen molar-refractivity contribution >= 4 is 18.2 Å². The lowest BCUT2D eigenvalue weighted by molar-refractivity contribution is -0.307. The molecule has 0 aliphatic carbocycles. The molecule has 0 aromatic heterocycles. The lowest BCUT2D eigenvalue weighted by Gasteiger charge is -2.48. The first-order chi connectivity index (χ1) is 23.8. The molecule has 0 amide bonds. The van der Waals surface area contributed by atoms with E-state index in [9.17, 15) is 19.5 Å². The van der Waals surface area contributed by atoms with Gasteiger partial charge in [0.15, 0.2) is 30.1 Å². The van der Waals surface area contributed by atoms with Crippen molar-refractivity contribution in [3.05, 3.63) is 11.3 Å².